The van der Waals surface area contributed by atoms with E-state index in [9.17, 15) is 9.59 Å². The minimum absolute atomic E-state index is 0.373. The van der Waals surface area contributed by atoms with Crippen LogP contribution in [0.15, 0.2) is 18.2 Å². The van der Waals surface area contributed by atoms with Gasteiger partial charge in [-0.3, -0.25) is 9.59 Å². The molecule has 1 aromatic carbocycles. The normalized spacial score (nSPS) is 15.5. The summed E-state index contributed by atoms with van der Waals surface area (Å²) in [4.78, 5) is 23.6. The van der Waals surface area contributed by atoms with Crippen molar-refractivity contribution in [2.75, 3.05) is 13.7 Å². The van der Waals surface area contributed by atoms with Crippen molar-refractivity contribution in [2.24, 2.45) is 11.7 Å². The molecule has 1 aliphatic rings. The Morgan fingerprint density at radius 2 is 2.10 bits per heavy atom. The highest BCUT2D eigenvalue weighted by Gasteiger charge is 2.31. The molecule has 1 atom stereocenters. The topological polar surface area (TPSA) is 78.6 Å². The molecule has 1 fully saturated rings. The van der Waals surface area contributed by atoms with E-state index in [0.29, 0.717) is 23.8 Å². The number of hydrogen-bond donors (Lipinski definition) is 1. The molecule has 1 amide bonds. The maximum absolute atomic E-state index is 12.0. The quantitative estimate of drug-likeness (QED) is 0.631. The average Bonchev–Trinajstić information content (AvgIpc) is 3.20. The summed E-state index contributed by atoms with van der Waals surface area (Å²) in [5.74, 6) is -1.18. The van der Waals surface area contributed by atoms with Gasteiger partial charge in [0.15, 0.2) is 5.92 Å². The molecule has 0 bridgehead atoms. The van der Waals surface area contributed by atoms with Crippen molar-refractivity contribution in [2.45, 2.75) is 25.7 Å². The zero-order valence-corrected chi connectivity index (χ0v) is 11.7. The highest BCUT2D eigenvalue weighted by molar-refractivity contribution is 6.02. The maximum Gasteiger partial charge on any atom is 0.323 e. The van der Waals surface area contributed by atoms with E-state index >= 15 is 0 Å². The number of methoxy groups -OCH3 is 1. The number of ether oxygens (including phenoxy) is 2. The lowest BCUT2D eigenvalue weighted by Crippen LogP contribution is -2.30. The molecule has 0 radical (unpaired) electrons. The molecule has 1 aromatic rings. The summed E-state index contributed by atoms with van der Waals surface area (Å²) in [6.07, 6.45) is 2.16. The lowest BCUT2D eigenvalue weighted by atomic mass is 9.96. The molecule has 108 valence electrons. The number of primary amides is 1. The molecule has 5 heteroatoms. The van der Waals surface area contributed by atoms with E-state index in [1.807, 2.05) is 6.92 Å². The van der Waals surface area contributed by atoms with Crippen LogP contribution in [0.25, 0.3) is 0 Å². The van der Waals surface area contributed by atoms with E-state index in [1.54, 1.807) is 25.3 Å². The fourth-order valence-corrected chi connectivity index (χ4v) is 2.07. The molecule has 2 N–H and O–H groups in total. The standard InChI is InChI=1S/C15H19NO4/c1-9-7-11(5-6-12(9)19-2)13(14(16)17)15(18)20-8-10-3-4-10/h5-7,10,13H,3-4,8H2,1-2H3,(H2,16,17). The molecule has 0 aromatic heterocycles. The second kappa shape index (κ2) is 5.94. The second-order valence-corrected chi connectivity index (χ2v) is 5.14. The van der Waals surface area contributed by atoms with E-state index in [1.165, 1.54) is 0 Å². The summed E-state index contributed by atoms with van der Waals surface area (Å²) in [6, 6.07) is 5.11. The first-order valence-corrected chi connectivity index (χ1v) is 6.63. The molecular formula is C15H19NO4. The highest BCUT2D eigenvalue weighted by atomic mass is 16.5. The predicted octanol–water partition coefficient (Wildman–Crippen LogP) is 1.53. The van der Waals surface area contributed by atoms with Crippen LogP contribution in [0, 0.1) is 12.8 Å². The van der Waals surface area contributed by atoms with Gasteiger partial charge in [-0.25, -0.2) is 0 Å². The monoisotopic (exact) mass is 277 g/mol. The molecule has 1 aliphatic carbocycles. The molecule has 0 heterocycles. The van der Waals surface area contributed by atoms with E-state index in [-0.39, 0.29) is 0 Å². The number of esters is 1. The Kier molecular flexibility index (Phi) is 4.27. The Morgan fingerprint density at radius 1 is 1.40 bits per heavy atom. The molecule has 1 unspecified atom stereocenters. The number of benzene rings is 1. The van der Waals surface area contributed by atoms with Gasteiger partial charge in [-0.1, -0.05) is 12.1 Å². The first kappa shape index (κ1) is 14.4. The Hall–Kier alpha value is -2.04. The number of aryl methyl sites for hydroxylation is 1. The fraction of sp³-hybridized carbons (Fsp3) is 0.467. The molecule has 2 rings (SSSR count). The summed E-state index contributed by atoms with van der Waals surface area (Å²) >= 11 is 0. The zero-order chi connectivity index (χ0) is 14.7. The van der Waals surface area contributed by atoms with Crippen LogP contribution in [-0.2, 0) is 14.3 Å². The van der Waals surface area contributed by atoms with Gasteiger partial charge in [0.25, 0.3) is 0 Å². The van der Waals surface area contributed by atoms with Gasteiger partial charge in [-0.15, -0.1) is 0 Å². The molecule has 20 heavy (non-hydrogen) atoms. The van der Waals surface area contributed by atoms with Crippen LogP contribution < -0.4 is 10.5 Å². The molecule has 0 spiro atoms. The van der Waals surface area contributed by atoms with Crippen molar-refractivity contribution >= 4 is 11.9 Å². The van der Waals surface area contributed by atoms with Gasteiger partial charge < -0.3 is 15.2 Å². The van der Waals surface area contributed by atoms with Gasteiger partial charge in [0.05, 0.1) is 13.7 Å². The van der Waals surface area contributed by atoms with Gasteiger partial charge in [0.2, 0.25) is 5.91 Å². The highest BCUT2D eigenvalue weighted by Crippen LogP contribution is 2.30. The van der Waals surface area contributed by atoms with Gasteiger partial charge in [-0.2, -0.15) is 0 Å². The average molecular weight is 277 g/mol. The van der Waals surface area contributed by atoms with Crippen LogP contribution in [0.5, 0.6) is 5.75 Å². The Balaban J connectivity index is 2.16. The van der Waals surface area contributed by atoms with E-state index in [2.05, 4.69) is 0 Å². The minimum Gasteiger partial charge on any atom is -0.496 e. The minimum atomic E-state index is -1.06. The number of hydrogen-bond acceptors (Lipinski definition) is 4. The van der Waals surface area contributed by atoms with Crippen molar-refractivity contribution in [3.05, 3.63) is 29.3 Å². The summed E-state index contributed by atoms with van der Waals surface area (Å²) in [6.45, 7) is 2.22. The van der Waals surface area contributed by atoms with Crippen molar-refractivity contribution in [1.29, 1.82) is 0 Å². The van der Waals surface area contributed by atoms with Crippen LogP contribution in [0.2, 0.25) is 0 Å². The number of nitrogens with two attached hydrogens (primary N) is 1. The molecular weight excluding hydrogens is 258 g/mol. The lowest BCUT2D eigenvalue weighted by molar-refractivity contribution is -0.148. The van der Waals surface area contributed by atoms with Crippen molar-refractivity contribution in [3.8, 4) is 5.75 Å². The van der Waals surface area contributed by atoms with Gasteiger partial charge >= 0.3 is 5.97 Å². The van der Waals surface area contributed by atoms with Crippen LogP contribution in [0.4, 0.5) is 0 Å². The molecule has 0 saturated heterocycles. The maximum atomic E-state index is 12.0. The summed E-state index contributed by atoms with van der Waals surface area (Å²) in [5, 5.41) is 0. The van der Waals surface area contributed by atoms with Crippen molar-refractivity contribution in [3.63, 3.8) is 0 Å². The number of carbonyl (C=O) groups is 2. The van der Waals surface area contributed by atoms with Crippen LogP contribution in [0.1, 0.15) is 29.9 Å². The van der Waals surface area contributed by atoms with Gasteiger partial charge in [-0.05, 0) is 42.9 Å². The molecule has 5 nitrogen and oxygen atoms in total. The third-order valence-electron chi connectivity index (χ3n) is 3.43. The second-order valence-electron chi connectivity index (χ2n) is 5.14. The number of carbonyl (C=O) groups excluding carboxylic acids is 2. The third-order valence-corrected chi connectivity index (χ3v) is 3.43. The number of rotatable bonds is 6. The Labute approximate surface area is 118 Å². The Bertz CT molecular complexity index is 523. The van der Waals surface area contributed by atoms with Gasteiger partial charge in [0, 0.05) is 0 Å². The third kappa shape index (κ3) is 3.29. The lowest BCUT2D eigenvalue weighted by Gasteiger charge is -2.15. The van der Waals surface area contributed by atoms with E-state index < -0.39 is 17.8 Å². The summed E-state index contributed by atoms with van der Waals surface area (Å²) in [5.41, 5.74) is 6.72. The van der Waals surface area contributed by atoms with Crippen molar-refractivity contribution < 1.29 is 19.1 Å². The molecule has 0 aliphatic heterocycles. The smallest absolute Gasteiger partial charge is 0.323 e. The molecule has 1 saturated carbocycles. The Morgan fingerprint density at radius 3 is 2.60 bits per heavy atom. The van der Waals surface area contributed by atoms with E-state index in [4.69, 9.17) is 15.2 Å². The summed E-state index contributed by atoms with van der Waals surface area (Å²) < 4.78 is 10.3. The van der Waals surface area contributed by atoms with Crippen LogP contribution in [-0.4, -0.2) is 25.6 Å². The van der Waals surface area contributed by atoms with E-state index in [0.717, 1.165) is 18.4 Å². The predicted molar refractivity (Wildman–Crippen MR) is 73.3 cm³/mol. The van der Waals surface area contributed by atoms with Crippen LogP contribution >= 0.6 is 0 Å². The van der Waals surface area contributed by atoms with Crippen molar-refractivity contribution in [1.82, 2.24) is 0 Å². The number of amides is 1. The first-order chi connectivity index (χ1) is 9.52. The first-order valence-electron chi connectivity index (χ1n) is 6.63. The van der Waals surface area contributed by atoms with Crippen LogP contribution in [0.3, 0.4) is 0 Å². The SMILES string of the molecule is COc1ccc(C(C(N)=O)C(=O)OCC2CC2)cc1C. The zero-order valence-electron chi connectivity index (χ0n) is 11.7. The van der Waals surface area contributed by atoms with Gasteiger partial charge in [0.1, 0.15) is 5.75 Å². The largest absolute Gasteiger partial charge is 0.496 e. The fourth-order valence-electron chi connectivity index (χ4n) is 2.07. The summed E-state index contributed by atoms with van der Waals surface area (Å²) in [7, 11) is 1.57.